The van der Waals surface area contributed by atoms with Crippen molar-refractivity contribution in [2.45, 2.75) is 19.9 Å². The van der Waals surface area contributed by atoms with Crippen LogP contribution in [0.5, 0.6) is 0 Å². The van der Waals surface area contributed by atoms with E-state index in [0.717, 1.165) is 5.52 Å². The van der Waals surface area contributed by atoms with Crippen molar-refractivity contribution in [2.75, 3.05) is 7.05 Å². The van der Waals surface area contributed by atoms with Gasteiger partial charge in [-0.2, -0.15) is 5.10 Å². The highest BCUT2D eigenvalue weighted by Gasteiger charge is 2.16. The second-order valence-corrected chi connectivity index (χ2v) is 5.20. The largest absolute Gasteiger partial charge is 0.309 e. The highest BCUT2D eigenvalue weighted by molar-refractivity contribution is 5.57. The van der Waals surface area contributed by atoms with Gasteiger partial charge >= 0.3 is 0 Å². The lowest BCUT2D eigenvalue weighted by atomic mass is 9.96. The second-order valence-electron chi connectivity index (χ2n) is 5.20. The van der Waals surface area contributed by atoms with E-state index in [0.29, 0.717) is 0 Å². The van der Waals surface area contributed by atoms with Crippen LogP contribution in [0.2, 0.25) is 0 Å². The predicted molar refractivity (Wildman–Crippen MR) is 82.0 cm³/mol. The van der Waals surface area contributed by atoms with Crippen LogP contribution in [0.3, 0.4) is 0 Å². The number of fused-ring (bicyclic) bond motifs is 1. The Morgan fingerprint density at radius 3 is 2.70 bits per heavy atom. The van der Waals surface area contributed by atoms with E-state index in [1.54, 1.807) is 0 Å². The van der Waals surface area contributed by atoms with Crippen LogP contribution in [0.25, 0.3) is 5.52 Å². The molecule has 3 heteroatoms. The number of benzene rings is 1. The molecule has 0 aliphatic carbocycles. The molecule has 20 heavy (non-hydrogen) atoms. The number of hydrogen-bond acceptors (Lipinski definition) is 2. The molecule has 0 fully saturated rings. The molecule has 0 spiro atoms. The first kappa shape index (κ1) is 12.9. The van der Waals surface area contributed by atoms with Crippen LogP contribution in [-0.2, 0) is 0 Å². The maximum atomic E-state index is 4.43. The summed E-state index contributed by atoms with van der Waals surface area (Å²) in [5, 5.41) is 7.84. The van der Waals surface area contributed by atoms with Crippen molar-refractivity contribution in [3.8, 4) is 0 Å². The number of aromatic nitrogens is 2. The topological polar surface area (TPSA) is 29.3 Å². The minimum atomic E-state index is 0.161. The fourth-order valence-corrected chi connectivity index (χ4v) is 2.62. The van der Waals surface area contributed by atoms with Crippen LogP contribution < -0.4 is 5.32 Å². The van der Waals surface area contributed by atoms with Gasteiger partial charge in [-0.05, 0) is 49.7 Å². The van der Waals surface area contributed by atoms with Gasteiger partial charge in [-0.25, -0.2) is 4.52 Å². The van der Waals surface area contributed by atoms with Crippen molar-refractivity contribution in [3.05, 3.63) is 71.0 Å². The minimum absolute atomic E-state index is 0.161. The summed E-state index contributed by atoms with van der Waals surface area (Å²) >= 11 is 0. The van der Waals surface area contributed by atoms with E-state index in [1.165, 1.54) is 22.3 Å². The molecule has 1 unspecified atom stereocenters. The summed E-state index contributed by atoms with van der Waals surface area (Å²) in [5.41, 5.74) is 6.26. The van der Waals surface area contributed by atoms with E-state index in [1.807, 2.05) is 36.1 Å². The Kier molecular flexibility index (Phi) is 3.28. The van der Waals surface area contributed by atoms with Crippen LogP contribution in [0.4, 0.5) is 0 Å². The molecule has 1 aromatic carbocycles. The smallest absolute Gasteiger partial charge is 0.0712 e. The zero-order chi connectivity index (χ0) is 14.1. The van der Waals surface area contributed by atoms with E-state index in [4.69, 9.17) is 0 Å². The normalized spacial score (nSPS) is 12.8. The molecule has 0 amide bonds. The van der Waals surface area contributed by atoms with Gasteiger partial charge in [0.05, 0.1) is 17.8 Å². The lowest BCUT2D eigenvalue weighted by Crippen LogP contribution is -2.17. The van der Waals surface area contributed by atoms with E-state index >= 15 is 0 Å². The molecular formula is C17H19N3. The Balaban J connectivity index is 2.11. The monoisotopic (exact) mass is 265 g/mol. The lowest BCUT2D eigenvalue weighted by Gasteiger charge is -2.17. The first-order valence-corrected chi connectivity index (χ1v) is 6.87. The molecule has 2 aromatic heterocycles. The van der Waals surface area contributed by atoms with E-state index in [9.17, 15) is 0 Å². The third-order valence-electron chi connectivity index (χ3n) is 3.92. The van der Waals surface area contributed by atoms with E-state index in [-0.39, 0.29) is 6.04 Å². The molecular weight excluding hydrogens is 246 g/mol. The van der Waals surface area contributed by atoms with Gasteiger partial charge in [0.25, 0.3) is 0 Å². The number of aryl methyl sites for hydroxylation is 2. The predicted octanol–water partition coefficient (Wildman–Crippen LogP) is 3.26. The number of pyridine rings is 1. The molecule has 0 saturated heterocycles. The van der Waals surface area contributed by atoms with Gasteiger partial charge in [0, 0.05) is 11.8 Å². The van der Waals surface area contributed by atoms with Gasteiger partial charge in [0.2, 0.25) is 0 Å². The highest BCUT2D eigenvalue weighted by atomic mass is 15.2. The molecule has 0 bridgehead atoms. The average Bonchev–Trinajstić information content (AvgIpc) is 2.88. The first-order chi connectivity index (χ1) is 9.70. The Hall–Kier alpha value is -2.13. The first-order valence-electron chi connectivity index (χ1n) is 6.87. The number of hydrogen-bond donors (Lipinski definition) is 1. The molecule has 0 saturated carbocycles. The SMILES string of the molecule is CNC(c1ccc(C)c(C)c1)c1cnn2ccccc12. The third-order valence-corrected chi connectivity index (χ3v) is 3.92. The van der Waals surface area contributed by atoms with Crippen LogP contribution in [-0.4, -0.2) is 16.7 Å². The maximum absolute atomic E-state index is 4.43. The molecule has 0 aliphatic rings. The Morgan fingerprint density at radius 1 is 1.10 bits per heavy atom. The van der Waals surface area contributed by atoms with Crippen LogP contribution in [0.1, 0.15) is 28.3 Å². The molecule has 1 N–H and O–H groups in total. The number of nitrogens with one attached hydrogen (secondary N) is 1. The van der Waals surface area contributed by atoms with Gasteiger partial charge in [-0.1, -0.05) is 24.3 Å². The molecule has 102 valence electrons. The van der Waals surface area contributed by atoms with E-state index < -0.39 is 0 Å². The second kappa shape index (κ2) is 5.10. The quantitative estimate of drug-likeness (QED) is 0.787. The zero-order valence-electron chi connectivity index (χ0n) is 12.1. The summed E-state index contributed by atoms with van der Waals surface area (Å²) in [6.45, 7) is 4.30. The van der Waals surface area contributed by atoms with Crippen LogP contribution in [0, 0.1) is 13.8 Å². The summed E-state index contributed by atoms with van der Waals surface area (Å²) in [6, 6.07) is 12.9. The van der Waals surface area contributed by atoms with Crippen molar-refractivity contribution in [3.63, 3.8) is 0 Å². The molecule has 3 aromatic rings. The third kappa shape index (κ3) is 2.10. The summed E-state index contributed by atoms with van der Waals surface area (Å²) in [4.78, 5) is 0. The average molecular weight is 265 g/mol. The van der Waals surface area contributed by atoms with Gasteiger partial charge in [-0.3, -0.25) is 0 Å². The maximum Gasteiger partial charge on any atom is 0.0712 e. The van der Waals surface area contributed by atoms with Gasteiger partial charge < -0.3 is 5.32 Å². The zero-order valence-corrected chi connectivity index (χ0v) is 12.1. The van der Waals surface area contributed by atoms with Gasteiger partial charge in [-0.15, -0.1) is 0 Å². The summed E-state index contributed by atoms with van der Waals surface area (Å²) in [5.74, 6) is 0. The molecule has 3 nitrogen and oxygen atoms in total. The Morgan fingerprint density at radius 2 is 1.95 bits per heavy atom. The standard InChI is InChI=1S/C17H19N3/c1-12-7-8-14(10-13(12)2)17(18-3)15-11-19-20-9-5-4-6-16(15)20/h4-11,17-18H,1-3H3. The fraction of sp³-hybridized carbons (Fsp3) is 0.235. The van der Waals surface area contributed by atoms with Crippen molar-refractivity contribution >= 4 is 5.52 Å². The van der Waals surface area contributed by atoms with Crippen LogP contribution >= 0.6 is 0 Å². The Labute approximate surface area is 119 Å². The summed E-state index contributed by atoms with van der Waals surface area (Å²) < 4.78 is 1.92. The summed E-state index contributed by atoms with van der Waals surface area (Å²) in [7, 11) is 1.99. The number of rotatable bonds is 3. The van der Waals surface area contributed by atoms with E-state index in [2.05, 4.69) is 48.5 Å². The molecule has 3 rings (SSSR count). The molecule has 2 heterocycles. The molecule has 0 radical (unpaired) electrons. The number of nitrogens with zero attached hydrogens (tertiary/aromatic N) is 2. The van der Waals surface area contributed by atoms with Crippen molar-refractivity contribution in [1.29, 1.82) is 0 Å². The highest BCUT2D eigenvalue weighted by Crippen LogP contribution is 2.26. The Bertz CT molecular complexity index is 743. The lowest BCUT2D eigenvalue weighted by molar-refractivity contribution is 0.695. The van der Waals surface area contributed by atoms with Crippen molar-refractivity contribution in [2.24, 2.45) is 0 Å². The van der Waals surface area contributed by atoms with Gasteiger partial charge in [0.15, 0.2) is 0 Å². The minimum Gasteiger partial charge on any atom is -0.309 e. The van der Waals surface area contributed by atoms with Crippen LogP contribution in [0.15, 0.2) is 48.8 Å². The van der Waals surface area contributed by atoms with Gasteiger partial charge in [0.1, 0.15) is 0 Å². The van der Waals surface area contributed by atoms with Crippen molar-refractivity contribution in [1.82, 2.24) is 14.9 Å². The summed E-state index contributed by atoms with van der Waals surface area (Å²) in [6.07, 6.45) is 3.93. The molecule has 0 aliphatic heterocycles. The van der Waals surface area contributed by atoms with Crippen molar-refractivity contribution < 1.29 is 0 Å². The fourth-order valence-electron chi connectivity index (χ4n) is 2.62. The molecule has 1 atom stereocenters.